The minimum absolute atomic E-state index is 0.0255. The molecule has 1 saturated heterocycles. The lowest BCUT2D eigenvalue weighted by molar-refractivity contribution is -0.219. The van der Waals surface area contributed by atoms with Crippen LogP contribution in [0.25, 0.3) is 5.57 Å². The Labute approximate surface area is 302 Å². The zero-order chi connectivity index (χ0) is 35.9. The van der Waals surface area contributed by atoms with Gasteiger partial charge < -0.3 is 15.3 Å². The molecule has 50 heavy (non-hydrogen) atoms. The Morgan fingerprint density at radius 3 is 2.20 bits per heavy atom. The molecule has 1 aromatic carbocycles. The van der Waals surface area contributed by atoms with E-state index < -0.39 is 5.97 Å². The second-order valence-electron chi connectivity index (χ2n) is 19.0. The molecule has 1 aromatic rings. The maximum absolute atomic E-state index is 11.9. The van der Waals surface area contributed by atoms with E-state index in [1.165, 1.54) is 68.1 Å². The number of carboxylic acids is 1. The van der Waals surface area contributed by atoms with Gasteiger partial charge in [0.15, 0.2) is 0 Å². The summed E-state index contributed by atoms with van der Waals surface area (Å²) >= 11 is 0. The summed E-state index contributed by atoms with van der Waals surface area (Å²) in [7, 11) is 0. The average Bonchev–Trinajstić information content (AvgIpc) is 3.45. The molecule has 5 aliphatic carbocycles. The van der Waals surface area contributed by atoms with E-state index in [-0.39, 0.29) is 22.3 Å². The fourth-order valence-corrected chi connectivity index (χ4v) is 14.1. The summed E-state index contributed by atoms with van der Waals surface area (Å²) in [6.45, 7) is 27.5. The number of carboxylic acid groups (broad SMARTS) is 1. The Morgan fingerprint density at radius 2 is 1.56 bits per heavy atom. The lowest BCUT2D eigenvalue weighted by atomic mass is 9.33. The molecule has 0 bridgehead atoms. The van der Waals surface area contributed by atoms with Gasteiger partial charge in [-0.2, -0.15) is 0 Å². The fraction of sp³-hybridized carbons (Fsp3) is 0.727. The van der Waals surface area contributed by atoms with E-state index >= 15 is 0 Å². The number of fused-ring (bicyclic) bond motifs is 7. The summed E-state index contributed by atoms with van der Waals surface area (Å²) in [6.07, 6.45) is 14.0. The number of carbonyl (C=O) groups excluding carboxylic acids is 1. The summed E-state index contributed by atoms with van der Waals surface area (Å²) in [5.74, 6) is 2.61. The second kappa shape index (κ2) is 12.6. The van der Waals surface area contributed by atoms with E-state index in [4.69, 9.17) is 0 Å². The van der Waals surface area contributed by atoms with Crippen LogP contribution in [-0.2, 0) is 4.79 Å². The van der Waals surface area contributed by atoms with Crippen molar-refractivity contribution < 1.29 is 14.7 Å². The lowest BCUT2D eigenvalue weighted by Gasteiger charge is -2.72. The lowest BCUT2D eigenvalue weighted by Crippen LogP contribution is -2.68. The van der Waals surface area contributed by atoms with Gasteiger partial charge in [-0.25, -0.2) is 4.79 Å². The van der Waals surface area contributed by atoms with E-state index in [1.54, 1.807) is 19.1 Å². The van der Waals surface area contributed by atoms with Crippen molar-refractivity contribution in [3.63, 3.8) is 0 Å². The number of rotatable bonds is 7. The molecule has 1 heterocycles. The predicted molar refractivity (Wildman–Crippen MR) is 203 cm³/mol. The van der Waals surface area contributed by atoms with Crippen LogP contribution >= 0.6 is 0 Å². The predicted octanol–water partition coefficient (Wildman–Crippen LogP) is 8.54. The van der Waals surface area contributed by atoms with Crippen LogP contribution in [0.1, 0.15) is 122 Å². The summed E-state index contributed by atoms with van der Waals surface area (Å²) in [5.41, 5.74) is 5.44. The molecule has 1 aliphatic heterocycles. The van der Waals surface area contributed by atoms with Gasteiger partial charge in [-0.3, -0.25) is 9.69 Å². The standard InChI is InChI=1S/C44H65N3O3/c1-29(2)33-15-20-44(45-23-24-46-25-27-47(28-26-46)30(3)48)22-21-42(7)35(38(33)44)13-14-37-41(6)18-16-34(31-9-11-32(12-10-31)39(49)50)40(4,5)36(41)17-19-43(37,42)8/h9-12,16,33,35-38,45H,1,13-15,17-28H2,2-8H3,(H,49,50)/t33-,35?,36?,37?,38?,41-,42+,43+,44-/m0/s1. The highest BCUT2D eigenvalue weighted by Gasteiger charge is 2.70. The third-order valence-electron chi connectivity index (χ3n) is 16.8. The molecule has 4 unspecified atom stereocenters. The molecular formula is C44H65N3O3. The first kappa shape index (κ1) is 35.9. The van der Waals surface area contributed by atoms with Gasteiger partial charge in [0.25, 0.3) is 0 Å². The van der Waals surface area contributed by atoms with Crippen molar-refractivity contribution in [1.29, 1.82) is 0 Å². The van der Waals surface area contributed by atoms with Crippen LogP contribution in [0.5, 0.6) is 0 Å². The van der Waals surface area contributed by atoms with Crippen LogP contribution in [0.2, 0.25) is 0 Å². The van der Waals surface area contributed by atoms with Crippen LogP contribution in [0, 0.1) is 51.2 Å². The molecular weight excluding hydrogens is 619 g/mol. The van der Waals surface area contributed by atoms with Crippen molar-refractivity contribution in [3.8, 4) is 0 Å². The van der Waals surface area contributed by atoms with E-state index in [0.717, 1.165) is 45.7 Å². The van der Waals surface area contributed by atoms with E-state index in [1.807, 2.05) is 17.0 Å². The molecule has 9 atom stereocenters. The van der Waals surface area contributed by atoms with Crippen LogP contribution < -0.4 is 5.32 Å². The molecule has 6 nitrogen and oxygen atoms in total. The Balaban J connectivity index is 1.13. The number of allylic oxidation sites excluding steroid dienone is 3. The minimum atomic E-state index is -0.861. The van der Waals surface area contributed by atoms with Crippen molar-refractivity contribution >= 4 is 17.4 Å². The van der Waals surface area contributed by atoms with Gasteiger partial charge in [-0.05, 0) is 139 Å². The monoisotopic (exact) mass is 684 g/mol. The normalized spacial score (nSPS) is 40.9. The van der Waals surface area contributed by atoms with E-state index in [9.17, 15) is 14.7 Å². The highest BCUT2D eigenvalue weighted by atomic mass is 16.4. The Morgan fingerprint density at radius 1 is 0.860 bits per heavy atom. The van der Waals surface area contributed by atoms with Crippen LogP contribution in [0.4, 0.5) is 0 Å². The highest BCUT2D eigenvalue weighted by Crippen LogP contribution is 2.76. The topological polar surface area (TPSA) is 72.9 Å². The molecule has 0 aromatic heterocycles. The van der Waals surface area contributed by atoms with Gasteiger partial charge in [-0.1, -0.05) is 65.0 Å². The van der Waals surface area contributed by atoms with Gasteiger partial charge >= 0.3 is 5.97 Å². The number of piperazine rings is 1. The number of hydrogen-bond donors (Lipinski definition) is 2. The van der Waals surface area contributed by atoms with Crippen LogP contribution in [-0.4, -0.2) is 71.6 Å². The average molecular weight is 684 g/mol. The summed E-state index contributed by atoms with van der Waals surface area (Å²) in [4.78, 5) is 28.0. The second-order valence-corrected chi connectivity index (χ2v) is 19.0. The number of nitrogens with zero attached hydrogens (tertiary/aromatic N) is 2. The molecule has 4 saturated carbocycles. The molecule has 7 rings (SSSR count). The number of benzene rings is 1. The smallest absolute Gasteiger partial charge is 0.335 e. The van der Waals surface area contributed by atoms with Crippen molar-refractivity contribution in [1.82, 2.24) is 15.1 Å². The van der Waals surface area contributed by atoms with Crippen molar-refractivity contribution in [2.24, 2.45) is 51.2 Å². The molecule has 2 N–H and O–H groups in total. The minimum Gasteiger partial charge on any atom is -0.478 e. The molecule has 5 fully saturated rings. The maximum Gasteiger partial charge on any atom is 0.335 e. The third-order valence-corrected chi connectivity index (χ3v) is 16.8. The first-order chi connectivity index (χ1) is 23.6. The molecule has 6 heteroatoms. The largest absolute Gasteiger partial charge is 0.478 e. The summed E-state index contributed by atoms with van der Waals surface area (Å²) < 4.78 is 0. The number of aromatic carboxylic acids is 1. The molecule has 274 valence electrons. The van der Waals surface area contributed by atoms with E-state index in [0.29, 0.717) is 46.0 Å². The third kappa shape index (κ3) is 5.39. The maximum atomic E-state index is 11.9. The Hall–Kier alpha value is -2.44. The quantitative estimate of drug-likeness (QED) is 0.282. The molecule has 6 aliphatic rings. The number of carbonyl (C=O) groups is 2. The van der Waals surface area contributed by atoms with Gasteiger partial charge in [0.2, 0.25) is 5.91 Å². The summed E-state index contributed by atoms with van der Waals surface area (Å²) in [6, 6.07) is 7.63. The van der Waals surface area contributed by atoms with Gasteiger partial charge in [0.1, 0.15) is 0 Å². The zero-order valence-corrected chi connectivity index (χ0v) is 32.2. The molecule has 1 amide bonds. The molecule has 0 radical (unpaired) electrons. The van der Waals surface area contributed by atoms with Crippen LogP contribution in [0.15, 0.2) is 42.5 Å². The van der Waals surface area contributed by atoms with Gasteiger partial charge in [0.05, 0.1) is 5.56 Å². The first-order valence-electron chi connectivity index (χ1n) is 20.0. The molecule has 0 spiro atoms. The fourth-order valence-electron chi connectivity index (χ4n) is 14.1. The highest BCUT2D eigenvalue weighted by molar-refractivity contribution is 5.88. The SMILES string of the molecule is C=C(C)[C@@H]1CC[C@]2(NCCN3CCN(C(C)=O)CC3)CC[C@]3(C)C(CCC4[C@@]5(C)CC=C(c6ccc(C(=O)O)cc6)C(C)(C)C5CC[C@]43C)C12. The Kier molecular flexibility index (Phi) is 9.06. The first-order valence-corrected chi connectivity index (χ1v) is 20.0. The van der Waals surface area contributed by atoms with Crippen molar-refractivity contribution in [3.05, 3.63) is 53.6 Å². The van der Waals surface area contributed by atoms with Crippen LogP contribution in [0.3, 0.4) is 0 Å². The number of nitrogens with one attached hydrogen (secondary N) is 1. The number of amides is 1. The Bertz CT molecular complexity index is 1540. The van der Waals surface area contributed by atoms with Gasteiger partial charge in [-0.15, -0.1) is 0 Å². The zero-order valence-electron chi connectivity index (χ0n) is 32.2. The number of hydrogen-bond acceptors (Lipinski definition) is 4. The van der Waals surface area contributed by atoms with Gasteiger partial charge in [0, 0.05) is 51.7 Å². The summed E-state index contributed by atoms with van der Waals surface area (Å²) in [5, 5.41) is 13.8. The van der Waals surface area contributed by atoms with E-state index in [2.05, 4.69) is 64.4 Å². The van der Waals surface area contributed by atoms with Crippen molar-refractivity contribution in [2.45, 2.75) is 112 Å². The van der Waals surface area contributed by atoms with Crippen molar-refractivity contribution in [2.75, 3.05) is 39.3 Å².